The van der Waals surface area contributed by atoms with E-state index in [1.165, 1.54) is 6.08 Å². The fourth-order valence-corrected chi connectivity index (χ4v) is 2.53. The van der Waals surface area contributed by atoms with Crippen LogP contribution in [-0.2, 0) is 23.8 Å². The van der Waals surface area contributed by atoms with E-state index >= 15 is 0 Å². The summed E-state index contributed by atoms with van der Waals surface area (Å²) in [5.74, 6) is 0.0296. The molecule has 1 aliphatic heterocycles. The average Bonchev–Trinajstić information content (AvgIpc) is 2.72. The molecule has 1 aromatic rings. The van der Waals surface area contributed by atoms with Crippen LogP contribution in [0.1, 0.15) is 13.3 Å². The smallest absolute Gasteiger partial charge is 0.327 e. The van der Waals surface area contributed by atoms with E-state index in [1.54, 1.807) is 19.1 Å². The topological polar surface area (TPSA) is 71.1 Å². The van der Waals surface area contributed by atoms with Crippen LogP contribution < -0.4 is 4.74 Å². The molecule has 0 N–H and O–H groups in total. The van der Waals surface area contributed by atoms with E-state index in [9.17, 15) is 9.59 Å². The minimum atomic E-state index is -1.41. The lowest BCUT2D eigenvalue weighted by atomic mass is 9.81. The molecule has 24 heavy (non-hydrogen) atoms. The van der Waals surface area contributed by atoms with Gasteiger partial charge in [0, 0.05) is 6.92 Å². The Balaban J connectivity index is 1.64. The molecule has 126 valence electrons. The maximum Gasteiger partial charge on any atom is 0.327 e. The van der Waals surface area contributed by atoms with Gasteiger partial charge in [-0.1, -0.05) is 24.3 Å². The minimum Gasteiger partial charge on any atom is -0.461 e. The molecule has 1 unspecified atom stereocenters. The predicted octanol–water partition coefficient (Wildman–Crippen LogP) is 2.36. The van der Waals surface area contributed by atoms with Crippen LogP contribution in [0.5, 0.6) is 5.75 Å². The summed E-state index contributed by atoms with van der Waals surface area (Å²) in [6, 6.07) is 9.30. The van der Waals surface area contributed by atoms with Crippen LogP contribution >= 0.6 is 0 Å². The molecule has 2 aliphatic rings. The molecule has 0 aromatic heterocycles. The lowest BCUT2D eigenvalue weighted by molar-refractivity contribution is -0.160. The molecular formula is C18H18O6. The molecule has 0 bridgehead atoms. The molecule has 6 heteroatoms. The zero-order chi connectivity index (χ0) is 17.0. The molecule has 6 nitrogen and oxygen atoms in total. The van der Waals surface area contributed by atoms with Crippen molar-refractivity contribution in [2.24, 2.45) is 5.41 Å². The van der Waals surface area contributed by atoms with Gasteiger partial charge in [-0.2, -0.15) is 0 Å². The lowest BCUT2D eigenvalue weighted by Crippen LogP contribution is -2.39. The number of allylic oxidation sites excluding steroid dienone is 2. The van der Waals surface area contributed by atoms with Crippen molar-refractivity contribution in [1.82, 2.24) is 0 Å². The van der Waals surface area contributed by atoms with Crippen molar-refractivity contribution < 1.29 is 28.5 Å². The van der Waals surface area contributed by atoms with Crippen molar-refractivity contribution in [3.63, 3.8) is 0 Å². The number of para-hydroxylation sites is 1. The number of hydrogen-bond acceptors (Lipinski definition) is 6. The lowest BCUT2D eigenvalue weighted by Gasteiger charge is -2.26. The van der Waals surface area contributed by atoms with Crippen LogP contribution in [0.3, 0.4) is 0 Å². The third-order valence-electron chi connectivity index (χ3n) is 3.78. The summed E-state index contributed by atoms with van der Waals surface area (Å²) < 4.78 is 21.4. The molecule has 1 heterocycles. The molecule has 3 rings (SSSR count). The van der Waals surface area contributed by atoms with Crippen LogP contribution in [0.4, 0.5) is 0 Å². The summed E-state index contributed by atoms with van der Waals surface area (Å²) in [6.07, 6.45) is 4.33. The highest BCUT2D eigenvalue weighted by atomic mass is 16.7. The fourth-order valence-electron chi connectivity index (χ4n) is 2.53. The van der Waals surface area contributed by atoms with Crippen molar-refractivity contribution in [3.8, 4) is 5.75 Å². The molecular weight excluding hydrogens is 312 g/mol. The first-order valence-electron chi connectivity index (χ1n) is 7.72. The minimum absolute atomic E-state index is 0.0786. The number of rotatable bonds is 4. The Morgan fingerprint density at radius 3 is 2.29 bits per heavy atom. The van der Waals surface area contributed by atoms with Gasteiger partial charge in [-0.15, -0.1) is 0 Å². The number of cyclic esters (lactones) is 2. The van der Waals surface area contributed by atoms with Crippen LogP contribution in [0.25, 0.3) is 0 Å². The van der Waals surface area contributed by atoms with E-state index < -0.39 is 23.6 Å². The van der Waals surface area contributed by atoms with Gasteiger partial charge >= 0.3 is 11.9 Å². The number of carbonyl (C=O) groups is 2. The van der Waals surface area contributed by atoms with Crippen LogP contribution in [0.2, 0.25) is 0 Å². The SMILES string of the molecule is CC(OC1=CCC2(C=C1)C(=O)OCCOC2=O)Oc1ccccc1. The number of esters is 2. The van der Waals surface area contributed by atoms with Crippen LogP contribution in [-0.4, -0.2) is 31.4 Å². The first-order chi connectivity index (χ1) is 11.6. The summed E-state index contributed by atoms with van der Waals surface area (Å²) in [7, 11) is 0. The largest absolute Gasteiger partial charge is 0.461 e. The Labute approximate surface area is 139 Å². The van der Waals surface area contributed by atoms with Crippen LogP contribution in [0.15, 0.2) is 54.3 Å². The molecule has 1 saturated heterocycles. The van der Waals surface area contributed by atoms with E-state index in [4.69, 9.17) is 18.9 Å². The molecule has 1 fully saturated rings. The van der Waals surface area contributed by atoms with Crippen molar-refractivity contribution >= 4 is 11.9 Å². The number of benzene rings is 1. The van der Waals surface area contributed by atoms with Gasteiger partial charge in [0.15, 0.2) is 5.41 Å². The van der Waals surface area contributed by atoms with Crippen molar-refractivity contribution in [3.05, 3.63) is 54.3 Å². The third-order valence-corrected chi connectivity index (χ3v) is 3.78. The van der Waals surface area contributed by atoms with E-state index in [1.807, 2.05) is 30.3 Å². The molecule has 1 aliphatic carbocycles. The van der Waals surface area contributed by atoms with E-state index in [0.717, 1.165) is 0 Å². The second-order valence-corrected chi connectivity index (χ2v) is 5.50. The Hall–Kier alpha value is -2.76. The normalized spacial score (nSPS) is 20.5. The van der Waals surface area contributed by atoms with Crippen LogP contribution in [0, 0.1) is 5.41 Å². The van der Waals surface area contributed by atoms with Crippen molar-refractivity contribution in [2.45, 2.75) is 19.6 Å². The summed E-state index contributed by atoms with van der Waals surface area (Å²) in [6.45, 7) is 1.92. The maximum absolute atomic E-state index is 12.1. The summed E-state index contributed by atoms with van der Waals surface area (Å²) in [4.78, 5) is 24.2. The Morgan fingerprint density at radius 1 is 1.04 bits per heavy atom. The molecule has 1 atom stereocenters. The van der Waals surface area contributed by atoms with E-state index in [0.29, 0.717) is 11.5 Å². The van der Waals surface area contributed by atoms with E-state index in [-0.39, 0.29) is 19.6 Å². The highest BCUT2D eigenvalue weighted by Gasteiger charge is 2.48. The van der Waals surface area contributed by atoms with Gasteiger partial charge in [-0.25, -0.2) is 0 Å². The van der Waals surface area contributed by atoms with Gasteiger partial charge < -0.3 is 18.9 Å². The average molecular weight is 330 g/mol. The van der Waals surface area contributed by atoms with Gasteiger partial charge in [0.2, 0.25) is 6.29 Å². The first kappa shape index (κ1) is 16.1. The predicted molar refractivity (Wildman–Crippen MR) is 83.8 cm³/mol. The standard InChI is InChI=1S/C18H18O6/c1-13(23-14-5-3-2-4-6-14)24-15-7-9-18(10-8-15)16(19)21-11-12-22-17(18)20/h2-9,13H,10-12H2,1H3. The number of hydrogen-bond donors (Lipinski definition) is 0. The summed E-state index contributed by atoms with van der Waals surface area (Å²) >= 11 is 0. The Morgan fingerprint density at radius 2 is 1.71 bits per heavy atom. The van der Waals surface area contributed by atoms with Crippen molar-refractivity contribution in [1.29, 1.82) is 0 Å². The first-order valence-corrected chi connectivity index (χ1v) is 7.72. The Kier molecular flexibility index (Phi) is 4.55. The van der Waals surface area contributed by atoms with Gasteiger partial charge in [0.1, 0.15) is 24.7 Å². The second-order valence-electron chi connectivity index (χ2n) is 5.50. The quantitative estimate of drug-likeness (QED) is 0.479. The highest BCUT2D eigenvalue weighted by Crippen LogP contribution is 2.34. The molecule has 1 spiro atoms. The summed E-state index contributed by atoms with van der Waals surface area (Å²) in [5, 5.41) is 0. The van der Waals surface area contributed by atoms with Gasteiger partial charge in [0.25, 0.3) is 0 Å². The number of carbonyl (C=O) groups excluding carboxylic acids is 2. The fraction of sp³-hybridized carbons (Fsp3) is 0.333. The molecule has 1 aromatic carbocycles. The molecule has 0 radical (unpaired) electrons. The summed E-state index contributed by atoms with van der Waals surface area (Å²) in [5.41, 5.74) is -1.41. The Bertz CT molecular complexity index is 658. The maximum atomic E-state index is 12.1. The van der Waals surface area contributed by atoms with Gasteiger partial charge in [-0.05, 0) is 30.7 Å². The molecule has 0 amide bonds. The zero-order valence-corrected chi connectivity index (χ0v) is 13.3. The van der Waals surface area contributed by atoms with Crippen molar-refractivity contribution in [2.75, 3.05) is 13.2 Å². The van der Waals surface area contributed by atoms with Gasteiger partial charge in [0.05, 0.1) is 0 Å². The zero-order valence-electron chi connectivity index (χ0n) is 13.3. The van der Waals surface area contributed by atoms with Gasteiger partial charge in [-0.3, -0.25) is 9.59 Å². The third kappa shape index (κ3) is 3.27. The van der Waals surface area contributed by atoms with E-state index in [2.05, 4.69) is 0 Å². The second kappa shape index (κ2) is 6.78. The number of ether oxygens (including phenoxy) is 4. The monoisotopic (exact) mass is 330 g/mol. The molecule has 0 saturated carbocycles. The highest BCUT2D eigenvalue weighted by molar-refractivity contribution is 6.03.